The van der Waals surface area contributed by atoms with E-state index < -0.39 is 26.9 Å². The van der Waals surface area contributed by atoms with Crippen LogP contribution in [0.2, 0.25) is 0 Å². The SMILES string of the molecule is O=C(C1CC1)N1CCC(CS(=O)(=O)c2ccc(OCc3cccc4cnccc34)cc2)(C(=O)NO)CC1. The van der Waals surface area contributed by atoms with Crippen molar-refractivity contribution in [1.29, 1.82) is 0 Å². The number of ether oxygens (including phenoxy) is 1. The summed E-state index contributed by atoms with van der Waals surface area (Å²) in [5.41, 5.74) is 1.33. The number of hydrogen-bond donors (Lipinski definition) is 2. The smallest absolute Gasteiger partial charge is 0.250 e. The topological polar surface area (TPSA) is 126 Å². The molecule has 0 radical (unpaired) electrons. The van der Waals surface area contributed by atoms with E-state index in [1.165, 1.54) is 12.1 Å². The van der Waals surface area contributed by atoms with E-state index in [9.17, 15) is 23.2 Å². The van der Waals surface area contributed by atoms with Crippen LogP contribution in [0.4, 0.5) is 0 Å². The van der Waals surface area contributed by atoms with Crippen LogP contribution in [-0.2, 0) is 26.0 Å². The van der Waals surface area contributed by atoms with Gasteiger partial charge < -0.3 is 9.64 Å². The summed E-state index contributed by atoms with van der Waals surface area (Å²) in [5.74, 6) is -0.556. The Morgan fingerprint density at radius 2 is 1.81 bits per heavy atom. The van der Waals surface area contributed by atoms with Crippen molar-refractivity contribution in [3.63, 3.8) is 0 Å². The van der Waals surface area contributed by atoms with E-state index in [-0.39, 0.29) is 42.7 Å². The Morgan fingerprint density at radius 1 is 1.08 bits per heavy atom. The van der Waals surface area contributed by atoms with Gasteiger partial charge in [0.2, 0.25) is 5.91 Å². The highest BCUT2D eigenvalue weighted by Gasteiger charge is 2.47. The maximum absolute atomic E-state index is 13.3. The zero-order chi connectivity index (χ0) is 26.0. The van der Waals surface area contributed by atoms with Crippen molar-refractivity contribution in [2.75, 3.05) is 18.8 Å². The van der Waals surface area contributed by atoms with Gasteiger partial charge in [-0.1, -0.05) is 18.2 Å². The van der Waals surface area contributed by atoms with E-state index in [1.54, 1.807) is 34.9 Å². The van der Waals surface area contributed by atoms with Gasteiger partial charge in [0.15, 0.2) is 9.84 Å². The molecule has 2 heterocycles. The van der Waals surface area contributed by atoms with Gasteiger partial charge in [-0.3, -0.25) is 19.8 Å². The number of fused-ring (bicyclic) bond motifs is 1. The molecule has 1 aliphatic carbocycles. The van der Waals surface area contributed by atoms with Crippen LogP contribution in [0, 0.1) is 11.3 Å². The Morgan fingerprint density at radius 3 is 2.49 bits per heavy atom. The lowest BCUT2D eigenvalue weighted by molar-refractivity contribution is -0.145. The average molecular weight is 524 g/mol. The number of hydrogen-bond acceptors (Lipinski definition) is 7. The first-order valence-corrected chi connectivity index (χ1v) is 14.0. The summed E-state index contributed by atoms with van der Waals surface area (Å²) in [6, 6.07) is 13.9. The molecule has 0 spiro atoms. The molecule has 2 aliphatic rings. The molecule has 2 N–H and O–H groups in total. The molecule has 0 atom stereocenters. The first kappa shape index (κ1) is 25.2. The van der Waals surface area contributed by atoms with Crippen molar-refractivity contribution in [2.45, 2.75) is 37.2 Å². The van der Waals surface area contributed by atoms with Gasteiger partial charge in [-0.15, -0.1) is 0 Å². The van der Waals surface area contributed by atoms with E-state index in [4.69, 9.17) is 4.74 Å². The molecular formula is C27H29N3O6S. The first-order valence-electron chi connectivity index (χ1n) is 12.3. The molecule has 2 fully saturated rings. The monoisotopic (exact) mass is 523 g/mol. The van der Waals surface area contributed by atoms with Crippen LogP contribution in [0.5, 0.6) is 5.75 Å². The Kier molecular flexibility index (Phi) is 6.87. The predicted molar refractivity (Wildman–Crippen MR) is 135 cm³/mol. The second-order valence-electron chi connectivity index (χ2n) is 9.85. The quantitative estimate of drug-likeness (QED) is 0.343. The van der Waals surface area contributed by atoms with Gasteiger partial charge in [-0.25, -0.2) is 13.9 Å². The second kappa shape index (κ2) is 10.1. The fraction of sp³-hybridized carbons (Fsp3) is 0.370. The van der Waals surface area contributed by atoms with Gasteiger partial charge >= 0.3 is 0 Å². The van der Waals surface area contributed by atoms with Gasteiger partial charge in [0.25, 0.3) is 5.91 Å². The van der Waals surface area contributed by atoms with E-state index in [1.807, 2.05) is 24.3 Å². The lowest BCUT2D eigenvalue weighted by Crippen LogP contribution is -2.52. The summed E-state index contributed by atoms with van der Waals surface area (Å²) in [4.78, 5) is 30.9. The zero-order valence-corrected chi connectivity index (χ0v) is 21.1. The van der Waals surface area contributed by atoms with E-state index in [0.29, 0.717) is 12.4 Å². The van der Waals surface area contributed by atoms with Crippen LogP contribution in [0.15, 0.2) is 65.8 Å². The first-order chi connectivity index (χ1) is 17.8. The molecule has 10 heteroatoms. The van der Waals surface area contributed by atoms with Crippen molar-refractivity contribution >= 4 is 32.4 Å². The molecule has 1 saturated carbocycles. The van der Waals surface area contributed by atoms with Crippen molar-refractivity contribution in [2.24, 2.45) is 11.3 Å². The molecule has 5 rings (SSSR count). The minimum Gasteiger partial charge on any atom is -0.489 e. The molecule has 1 aromatic heterocycles. The van der Waals surface area contributed by atoms with Gasteiger partial charge in [0.1, 0.15) is 12.4 Å². The summed E-state index contributed by atoms with van der Waals surface area (Å²) >= 11 is 0. The van der Waals surface area contributed by atoms with Crippen LogP contribution in [0.1, 0.15) is 31.2 Å². The normalized spacial score (nSPS) is 17.4. The highest BCUT2D eigenvalue weighted by atomic mass is 32.2. The number of carbonyl (C=O) groups excluding carboxylic acids is 2. The average Bonchev–Trinajstić information content (AvgIpc) is 3.77. The van der Waals surface area contributed by atoms with Crippen LogP contribution in [0.25, 0.3) is 10.8 Å². The molecule has 37 heavy (non-hydrogen) atoms. The standard InChI is InChI=1S/C27H29N3O6S/c31-25(19-4-5-19)30-14-11-27(12-15-30,26(32)29-33)18-37(34,35)23-8-6-22(7-9-23)36-17-21-3-1-2-20-16-28-13-10-24(20)21/h1-3,6-10,13,16,19,33H,4-5,11-12,14-15,17-18H2,(H,29,32). The molecule has 2 aromatic carbocycles. The molecular weight excluding hydrogens is 494 g/mol. The Hall–Kier alpha value is -3.50. The maximum atomic E-state index is 13.3. The van der Waals surface area contributed by atoms with Crippen molar-refractivity contribution in [3.8, 4) is 5.75 Å². The number of rotatable bonds is 8. The third-order valence-electron chi connectivity index (χ3n) is 7.36. The number of likely N-dealkylation sites (tertiary alicyclic amines) is 1. The molecule has 9 nitrogen and oxygen atoms in total. The maximum Gasteiger partial charge on any atom is 0.250 e. The lowest BCUT2D eigenvalue weighted by Gasteiger charge is -2.40. The summed E-state index contributed by atoms with van der Waals surface area (Å²) in [6.45, 7) is 0.883. The Balaban J connectivity index is 1.27. The number of nitrogens with zero attached hydrogens (tertiary/aromatic N) is 2. The molecule has 2 amide bonds. The van der Waals surface area contributed by atoms with Crippen LogP contribution in [-0.4, -0.2) is 54.2 Å². The largest absolute Gasteiger partial charge is 0.489 e. The second-order valence-corrected chi connectivity index (χ2v) is 11.8. The summed E-state index contributed by atoms with van der Waals surface area (Å²) in [6.07, 6.45) is 5.61. The highest BCUT2D eigenvalue weighted by molar-refractivity contribution is 7.91. The van der Waals surface area contributed by atoms with Gasteiger partial charge in [0, 0.05) is 36.8 Å². The van der Waals surface area contributed by atoms with Crippen molar-refractivity contribution < 1.29 is 28.0 Å². The number of hydroxylamine groups is 1. The minimum atomic E-state index is -3.87. The summed E-state index contributed by atoms with van der Waals surface area (Å²) < 4.78 is 32.5. The molecule has 194 valence electrons. The number of nitrogens with one attached hydrogen (secondary N) is 1. The van der Waals surface area contributed by atoms with Crippen molar-refractivity contribution in [1.82, 2.24) is 15.4 Å². The number of aromatic nitrogens is 1. The van der Waals surface area contributed by atoms with E-state index >= 15 is 0 Å². The third-order valence-corrected chi connectivity index (χ3v) is 9.28. The highest BCUT2D eigenvalue weighted by Crippen LogP contribution is 2.38. The third kappa shape index (κ3) is 5.30. The molecule has 3 aromatic rings. The summed E-state index contributed by atoms with van der Waals surface area (Å²) in [5, 5.41) is 11.4. The molecule has 1 saturated heterocycles. The number of sulfone groups is 1. The van der Waals surface area contributed by atoms with Crippen LogP contribution in [0.3, 0.4) is 0 Å². The minimum absolute atomic E-state index is 0.0567. The Labute approximate surface area is 215 Å². The molecule has 0 bridgehead atoms. The fourth-order valence-electron chi connectivity index (χ4n) is 4.97. The van der Waals surface area contributed by atoms with E-state index in [0.717, 1.165) is 29.2 Å². The van der Waals surface area contributed by atoms with Gasteiger partial charge in [-0.05, 0) is 67.0 Å². The molecule has 0 unspecified atom stereocenters. The number of benzene rings is 2. The van der Waals surface area contributed by atoms with Gasteiger partial charge in [-0.2, -0.15) is 0 Å². The lowest BCUT2D eigenvalue weighted by atomic mass is 9.79. The van der Waals surface area contributed by atoms with E-state index in [2.05, 4.69) is 4.98 Å². The number of amides is 2. The van der Waals surface area contributed by atoms with Crippen molar-refractivity contribution in [3.05, 3.63) is 66.5 Å². The fourth-order valence-corrected chi connectivity index (χ4v) is 6.83. The predicted octanol–water partition coefficient (Wildman–Crippen LogP) is 3.11. The Bertz CT molecular complexity index is 1410. The zero-order valence-electron chi connectivity index (χ0n) is 20.3. The number of pyridine rings is 1. The number of carbonyl (C=O) groups is 2. The number of piperidine rings is 1. The summed E-state index contributed by atoms with van der Waals surface area (Å²) in [7, 11) is -3.87. The van der Waals surface area contributed by atoms with Crippen LogP contribution >= 0.6 is 0 Å². The molecule has 1 aliphatic heterocycles. The van der Waals surface area contributed by atoms with Crippen LogP contribution < -0.4 is 10.2 Å². The van der Waals surface area contributed by atoms with Gasteiger partial charge in [0.05, 0.1) is 16.1 Å².